The van der Waals surface area contributed by atoms with Crippen LogP contribution in [0.2, 0.25) is 0 Å². The van der Waals surface area contributed by atoms with Gasteiger partial charge in [0.25, 0.3) is 0 Å². The Bertz CT molecular complexity index is 279. The second kappa shape index (κ2) is 3.81. The van der Waals surface area contributed by atoms with Crippen molar-refractivity contribution < 1.29 is 0 Å². The molecular weight excluding hydrogens is 178 g/mol. The topological polar surface area (TPSA) is 12.0 Å². The summed E-state index contributed by atoms with van der Waals surface area (Å²) in [5, 5.41) is 5.78. The number of rotatable bonds is 1. The van der Waals surface area contributed by atoms with E-state index in [1.54, 1.807) is 5.56 Å². The first-order chi connectivity index (χ1) is 6.27. The lowest BCUT2D eigenvalue weighted by Gasteiger charge is -2.28. The molecule has 0 bridgehead atoms. The summed E-state index contributed by atoms with van der Waals surface area (Å²) in [7, 11) is 0. The summed E-state index contributed by atoms with van der Waals surface area (Å²) < 4.78 is 0. The van der Waals surface area contributed by atoms with Gasteiger partial charge in [0.05, 0.1) is 0 Å². The first-order valence-electron chi connectivity index (χ1n) is 5.03. The van der Waals surface area contributed by atoms with Crippen molar-refractivity contribution in [2.45, 2.75) is 26.2 Å². The van der Waals surface area contributed by atoms with E-state index in [0.29, 0.717) is 0 Å². The Morgan fingerprint density at radius 3 is 3.00 bits per heavy atom. The van der Waals surface area contributed by atoms with Crippen LogP contribution in [0.25, 0.3) is 0 Å². The van der Waals surface area contributed by atoms with E-state index in [1.165, 1.54) is 24.4 Å². The summed E-state index contributed by atoms with van der Waals surface area (Å²) in [6.07, 6.45) is 1.30. The van der Waals surface area contributed by atoms with Gasteiger partial charge in [-0.3, -0.25) is 0 Å². The Kier molecular flexibility index (Phi) is 2.70. The number of thiophene rings is 1. The van der Waals surface area contributed by atoms with Gasteiger partial charge in [-0.05, 0) is 55.3 Å². The Balaban J connectivity index is 2.14. The maximum Gasteiger partial charge on any atom is 0.00171 e. The molecule has 0 radical (unpaired) electrons. The van der Waals surface area contributed by atoms with Gasteiger partial charge >= 0.3 is 0 Å². The van der Waals surface area contributed by atoms with E-state index in [2.05, 4.69) is 30.6 Å². The van der Waals surface area contributed by atoms with Crippen LogP contribution in [0.1, 0.15) is 29.7 Å². The number of hydrogen-bond acceptors (Lipinski definition) is 2. The zero-order valence-electron chi connectivity index (χ0n) is 8.34. The van der Waals surface area contributed by atoms with Crippen molar-refractivity contribution in [3.63, 3.8) is 0 Å². The van der Waals surface area contributed by atoms with Crippen LogP contribution in [0.5, 0.6) is 0 Å². The number of aryl methyl sites for hydroxylation is 1. The normalized spacial score (nSPS) is 29.1. The van der Waals surface area contributed by atoms with Crippen LogP contribution in [0.3, 0.4) is 0 Å². The van der Waals surface area contributed by atoms with E-state index in [0.717, 1.165) is 11.8 Å². The molecule has 1 nitrogen and oxygen atoms in total. The van der Waals surface area contributed by atoms with Crippen LogP contribution in [-0.4, -0.2) is 13.1 Å². The van der Waals surface area contributed by atoms with Crippen molar-refractivity contribution in [1.29, 1.82) is 0 Å². The maximum absolute atomic E-state index is 3.44. The highest BCUT2D eigenvalue weighted by Gasteiger charge is 2.22. The number of hydrogen-bond donors (Lipinski definition) is 1. The summed E-state index contributed by atoms with van der Waals surface area (Å²) in [6, 6.07) is 2.36. The maximum atomic E-state index is 3.44. The molecule has 2 heteroatoms. The van der Waals surface area contributed by atoms with Crippen LogP contribution in [0.4, 0.5) is 0 Å². The standard InChI is InChI=1S/C11H17NS/c1-8-6-12-4-3-11(8)10-5-9(2)13-7-10/h5,7-8,11-12H,3-4,6H2,1-2H3. The molecule has 1 aromatic heterocycles. The SMILES string of the molecule is Cc1cc(C2CCNCC2C)cs1. The lowest BCUT2D eigenvalue weighted by atomic mass is 9.83. The quantitative estimate of drug-likeness (QED) is 0.726. The van der Waals surface area contributed by atoms with Crippen molar-refractivity contribution in [2.24, 2.45) is 5.92 Å². The molecule has 1 fully saturated rings. The minimum Gasteiger partial charge on any atom is -0.316 e. The third kappa shape index (κ3) is 1.94. The summed E-state index contributed by atoms with van der Waals surface area (Å²) >= 11 is 1.88. The minimum absolute atomic E-state index is 0.794. The molecule has 0 aliphatic carbocycles. The fourth-order valence-electron chi connectivity index (χ4n) is 2.17. The summed E-state index contributed by atoms with van der Waals surface area (Å²) in [6.45, 7) is 6.91. The van der Waals surface area contributed by atoms with Gasteiger partial charge in [-0.2, -0.15) is 0 Å². The first kappa shape index (κ1) is 9.22. The predicted molar refractivity (Wildman–Crippen MR) is 58.4 cm³/mol. The van der Waals surface area contributed by atoms with Crippen LogP contribution in [0.15, 0.2) is 11.4 Å². The Morgan fingerprint density at radius 2 is 2.38 bits per heavy atom. The van der Waals surface area contributed by atoms with E-state index < -0.39 is 0 Å². The molecule has 0 saturated carbocycles. The molecule has 0 amide bonds. The van der Waals surface area contributed by atoms with Crippen LogP contribution >= 0.6 is 11.3 Å². The van der Waals surface area contributed by atoms with Crippen LogP contribution < -0.4 is 5.32 Å². The van der Waals surface area contributed by atoms with E-state index >= 15 is 0 Å². The van der Waals surface area contributed by atoms with Gasteiger partial charge in [0, 0.05) is 4.88 Å². The molecule has 13 heavy (non-hydrogen) atoms. The zero-order chi connectivity index (χ0) is 9.26. The molecule has 2 heterocycles. The fourth-order valence-corrected chi connectivity index (χ4v) is 2.94. The highest BCUT2D eigenvalue weighted by molar-refractivity contribution is 7.10. The Morgan fingerprint density at radius 1 is 1.54 bits per heavy atom. The summed E-state index contributed by atoms with van der Waals surface area (Å²) in [5.74, 6) is 1.59. The summed E-state index contributed by atoms with van der Waals surface area (Å²) in [4.78, 5) is 1.45. The first-order valence-corrected chi connectivity index (χ1v) is 5.91. The van der Waals surface area contributed by atoms with Crippen molar-refractivity contribution in [2.75, 3.05) is 13.1 Å². The van der Waals surface area contributed by atoms with Crippen molar-refractivity contribution >= 4 is 11.3 Å². The molecule has 0 spiro atoms. The highest BCUT2D eigenvalue weighted by Crippen LogP contribution is 2.32. The van der Waals surface area contributed by atoms with E-state index in [9.17, 15) is 0 Å². The van der Waals surface area contributed by atoms with Gasteiger partial charge in [-0.25, -0.2) is 0 Å². The third-order valence-corrected chi connectivity index (χ3v) is 3.84. The predicted octanol–water partition coefficient (Wildman–Crippen LogP) is 2.77. The monoisotopic (exact) mass is 195 g/mol. The molecule has 2 unspecified atom stereocenters. The lowest BCUT2D eigenvalue weighted by molar-refractivity contribution is 0.350. The van der Waals surface area contributed by atoms with Crippen molar-refractivity contribution in [3.8, 4) is 0 Å². The van der Waals surface area contributed by atoms with E-state index in [4.69, 9.17) is 0 Å². The average Bonchev–Trinajstić information content (AvgIpc) is 2.53. The van der Waals surface area contributed by atoms with E-state index in [-0.39, 0.29) is 0 Å². The van der Waals surface area contributed by atoms with Gasteiger partial charge in [-0.1, -0.05) is 6.92 Å². The molecule has 1 aliphatic rings. The second-order valence-electron chi connectivity index (χ2n) is 4.07. The minimum atomic E-state index is 0.794. The van der Waals surface area contributed by atoms with Gasteiger partial charge < -0.3 is 5.32 Å². The fraction of sp³-hybridized carbons (Fsp3) is 0.636. The molecular formula is C11H17NS. The molecule has 2 rings (SSSR count). The molecule has 2 atom stereocenters. The highest BCUT2D eigenvalue weighted by atomic mass is 32.1. The van der Waals surface area contributed by atoms with Crippen LogP contribution in [-0.2, 0) is 0 Å². The smallest absolute Gasteiger partial charge is 0.00171 e. The molecule has 72 valence electrons. The third-order valence-electron chi connectivity index (χ3n) is 2.96. The van der Waals surface area contributed by atoms with Crippen molar-refractivity contribution in [1.82, 2.24) is 5.32 Å². The summed E-state index contributed by atoms with van der Waals surface area (Å²) in [5.41, 5.74) is 1.57. The second-order valence-corrected chi connectivity index (χ2v) is 5.18. The van der Waals surface area contributed by atoms with E-state index in [1.807, 2.05) is 11.3 Å². The average molecular weight is 195 g/mol. The van der Waals surface area contributed by atoms with Crippen molar-refractivity contribution in [3.05, 3.63) is 21.9 Å². The molecule has 1 N–H and O–H groups in total. The molecule has 0 aromatic carbocycles. The molecule has 1 aliphatic heterocycles. The number of nitrogens with one attached hydrogen (secondary N) is 1. The van der Waals surface area contributed by atoms with Gasteiger partial charge in [-0.15, -0.1) is 11.3 Å². The Hall–Kier alpha value is -0.340. The van der Waals surface area contributed by atoms with Gasteiger partial charge in [0.2, 0.25) is 0 Å². The number of piperidine rings is 1. The van der Waals surface area contributed by atoms with Crippen LogP contribution in [0, 0.1) is 12.8 Å². The lowest BCUT2D eigenvalue weighted by Crippen LogP contribution is -2.33. The molecule has 1 saturated heterocycles. The molecule has 1 aromatic rings. The van der Waals surface area contributed by atoms with Gasteiger partial charge in [0.1, 0.15) is 0 Å². The van der Waals surface area contributed by atoms with Gasteiger partial charge in [0.15, 0.2) is 0 Å². The Labute approximate surface area is 84.2 Å². The zero-order valence-corrected chi connectivity index (χ0v) is 9.16. The largest absolute Gasteiger partial charge is 0.316 e.